The first-order valence-electron chi connectivity index (χ1n) is 9.57. The highest BCUT2D eigenvalue weighted by atomic mass is 16.3. The lowest BCUT2D eigenvalue weighted by molar-refractivity contribution is 0.0758. The van der Waals surface area contributed by atoms with Crippen LogP contribution in [0.2, 0.25) is 0 Å². The molecule has 6 nitrogen and oxygen atoms in total. The number of rotatable bonds is 3. The molecule has 3 aromatic rings. The van der Waals surface area contributed by atoms with Crippen LogP contribution in [-0.2, 0) is 19.3 Å². The summed E-state index contributed by atoms with van der Waals surface area (Å²) in [6.45, 7) is 0.923. The lowest BCUT2D eigenvalue weighted by Crippen LogP contribution is -2.30. The van der Waals surface area contributed by atoms with Gasteiger partial charge in [0.25, 0.3) is 5.91 Å². The van der Waals surface area contributed by atoms with Gasteiger partial charge in [0.1, 0.15) is 0 Å². The second-order valence-electron chi connectivity index (χ2n) is 7.61. The second kappa shape index (κ2) is 6.46. The van der Waals surface area contributed by atoms with Crippen molar-refractivity contribution in [2.45, 2.75) is 31.8 Å². The highest BCUT2D eigenvalue weighted by Gasteiger charge is 2.36. The normalized spacial score (nSPS) is 21.7. The van der Waals surface area contributed by atoms with E-state index in [1.54, 1.807) is 4.90 Å². The first kappa shape index (κ1) is 16.4. The van der Waals surface area contributed by atoms with Crippen LogP contribution in [0.25, 0.3) is 10.9 Å². The molecule has 6 heteroatoms. The molecule has 2 aromatic heterocycles. The van der Waals surface area contributed by atoms with Crippen molar-refractivity contribution in [1.29, 1.82) is 0 Å². The number of aliphatic hydroxyl groups is 1. The van der Waals surface area contributed by atoms with E-state index in [9.17, 15) is 9.90 Å². The molecule has 0 bridgehead atoms. The molecule has 1 aromatic carbocycles. The van der Waals surface area contributed by atoms with E-state index in [-0.39, 0.29) is 11.8 Å². The molecule has 2 aliphatic rings. The lowest BCUT2D eigenvalue weighted by Gasteiger charge is -2.16. The number of nitrogens with zero attached hydrogens (tertiary/aromatic N) is 3. The third-order valence-electron chi connectivity index (χ3n) is 5.92. The highest BCUT2D eigenvalue weighted by molar-refractivity contribution is 5.94. The fraction of sp³-hybridized carbons (Fsp3) is 0.381. The van der Waals surface area contributed by atoms with Crippen molar-refractivity contribution in [2.75, 3.05) is 13.1 Å². The fourth-order valence-electron chi connectivity index (χ4n) is 4.48. The summed E-state index contributed by atoms with van der Waals surface area (Å²) < 4.78 is 0. The van der Waals surface area contributed by atoms with Crippen LogP contribution < -0.4 is 0 Å². The van der Waals surface area contributed by atoms with E-state index in [4.69, 9.17) is 0 Å². The van der Waals surface area contributed by atoms with Crippen molar-refractivity contribution in [1.82, 2.24) is 20.1 Å². The number of fused-ring (bicyclic) bond motifs is 2. The molecule has 1 fully saturated rings. The van der Waals surface area contributed by atoms with Crippen LogP contribution in [-0.4, -0.2) is 50.3 Å². The van der Waals surface area contributed by atoms with Crippen molar-refractivity contribution in [3.05, 3.63) is 59.0 Å². The van der Waals surface area contributed by atoms with Crippen LogP contribution in [0.15, 0.2) is 36.5 Å². The molecule has 3 heterocycles. The Kier molecular flexibility index (Phi) is 3.93. The number of nitrogens with one attached hydrogen (secondary N) is 1. The summed E-state index contributed by atoms with van der Waals surface area (Å²) in [5.41, 5.74) is 4.84. The smallest absolute Gasteiger partial charge is 0.274 e. The quantitative estimate of drug-likeness (QED) is 0.748. The van der Waals surface area contributed by atoms with Gasteiger partial charge in [-0.25, -0.2) is 0 Å². The molecular weight excluding hydrogens is 340 g/mol. The average Bonchev–Trinajstić information content (AvgIpc) is 3.38. The van der Waals surface area contributed by atoms with Crippen molar-refractivity contribution in [3.63, 3.8) is 0 Å². The van der Waals surface area contributed by atoms with E-state index < -0.39 is 6.10 Å². The minimum Gasteiger partial charge on any atom is -0.391 e. The van der Waals surface area contributed by atoms with E-state index in [1.165, 1.54) is 5.56 Å². The summed E-state index contributed by atoms with van der Waals surface area (Å²) in [7, 11) is 0. The number of carbonyl (C=O) groups excluding carboxylic acids is 1. The highest BCUT2D eigenvalue weighted by Crippen LogP contribution is 2.28. The van der Waals surface area contributed by atoms with Gasteiger partial charge in [-0.1, -0.05) is 18.2 Å². The van der Waals surface area contributed by atoms with E-state index in [1.807, 2.05) is 30.5 Å². The van der Waals surface area contributed by atoms with Crippen LogP contribution in [0, 0.1) is 5.92 Å². The number of para-hydroxylation sites is 1. The Morgan fingerprint density at radius 2 is 2.11 bits per heavy atom. The lowest BCUT2D eigenvalue weighted by atomic mass is 9.94. The van der Waals surface area contributed by atoms with E-state index in [0.717, 1.165) is 47.8 Å². The summed E-state index contributed by atoms with van der Waals surface area (Å²) in [6.07, 6.45) is 4.98. The van der Waals surface area contributed by atoms with E-state index >= 15 is 0 Å². The number of aromatic amines is 1. The predicted molar refractivity (Wildman–Crippen MR) is 101 cm³/mol. The predicted octanol–water partition coefficient (Wildman–Crippen LogP) is 2.12. The Morgan fingerprint density at radius 1 is 1.22 bits per heavy atom. The van der Waals surface area contributed by atoms with E-state index in [2.05, 4.69) is 21.2 Å². The first-order valence-corrected chi connectivity index (χ1v) is 9.57. The molecule has 138 valence electrons. The number of aliphatic hydroxyl groups excluding tert-OH is 1. The number of carbonyl (C=O) groups is 1. The number of β-amino-alcohol motifs (C(OH)–C–C–N with tert-alkyl or cyclic N) is 1. The van der Waals surface area contributed by atoms with Gasteiger partial charge < -0.3 is 10.0 Å². The molecule has 1 aliphatic heterocycles. The third-order valence-corrected chi connectivity index (χ3v) is 5.92. The Morgan fingerprint density at radius 3 is 3.04 bits per heavy atom. The van der Waals surface area contributed by atoms with Gasteiger partial charge in [0.15, 0.2) is 5.69 Å². The van der Waals surface area contributed by atoms with Gasteiger partial charge in [-0.3, -0.25) is 14.9 Å². The number of benzene rings is 1. The Labute approximate surface area is 157 Å². The molecule has 1 aliphatic carbocycles. The van der Waals surface area contributed by atoms with Gasteiger partial charge in [0, 0.05) is 41.8 Å². The van der Waals surface area contributed by atoms with Crippen LogP contribution in [0.5, 0.6) is 0 Å². The topological polar surface area (TPSA) is 82.1 Å². The molecule has 0 radical (unpaired) electrons. The molecule has 27 heavy (non-hydrogen) atoms. The number of pyridine rings is 1. The third kappa shape index (κ3) is 2.80. The van der Waals surface area contributed by atoms with Crippen molar-refractivity contribution in [2.24, 2.45) is 5.92 Å². The molecular formula is C21H22N4O2. The van der Waals surface area contributed by atoms with Crippen molar-refractivity contribution in [3.8, 4) is 0 Å². The molecule has 5 rings (SSSR count). The van der Waals surface area contributed by atoms with Crippen LogP contribution in [0.4, 0.5) is 0 Å². The van der Waals surface area contributed by atoms with Gasteiger partial charge in [-0.05, 0) is 43.4 Å². The number of hydrogen-bond acceptors (Lipinski definition) is 4. The van der Waals surface area contributed by atoms with Gasteiger partial charge >= 0.3 is 0 Å². The second-order valence-corrected chi connectivity index (χ2v) is 7.61. The summed E-state index contributed by atoms with van der Waals surface area (Å²) in [4.78, 5) is 19.1. The monoisotopic (exact) mass is 362 g/mol. The molecule has 1 saturated heterocycles. The number of hydrogen-bond donors (Lipinski definition) is 2. The van der Waals surface area contributed by atoms with Gasteiger partial charge in [-0.15, -0.1) is 0 Å². The van der Waals surface area contributed by atoms with Gasteiger partial charge in [0.2, 0.25) is 0 Å². The first-order chi connectivity index (χ1) is 13.2. The minimum atomic E-state index is -0.520. The number of H-pyrrole nitrogens is 1. The standard InChI is InChI=1S/C21H22N4O2/c26-19-12-25(21(27)20-16-5-3-7-18(16)23-24-20)11-14(19)10-13-8-9-22-17-6-2-1-4-15(13)17/h1-2,4,6,8-9,14,19,26H,3,5,7,10-12H2,(H,23,24)/t14-,19+/m1/s1. The summed E-state index contributed by atoms with van der Waals surface area (Å²) in [5.74, 6) is -0.0396. The van der Waals surface area contributed by atoms with Crippen LogP contribution in [0.1, 0.15) is 33.7 Å². The average molecular weight is 362 g/mol. The molecule has 2 N–H and O–H groups in total. The SMILES string of the molecule is O=C(c1n[nH]c2c1CCC2)N1C[C@@H](Cc2ccnc3ccccc23)[C@@H](O)C1. The van der Waals surface area contributed by atoms with Gasteiger partial charge in [0.05, 0.1) is 11.6 Å². The molecule has 1 amide bonds. The van der Waals surface area contributed by atoms with Gasteiger partial charge in [-0.2, -0.15) is 5.10 Å². The maximum absolute atomic E-state index is 12.9. The number of aryl methyl sites for hydroxylation is 1. The molecule has 0 spiro atoms. The van der Waals surface area contributed by atoms with E-state index in [0.29, 0.717) is 18.8 Å². The fourth-order valence-corrected chi connectivity index (χ4v) is 4.48. The number of likely N-dealkylation sites (tertiary alicyclic amines) is 1. The zero-order valence-electron chi connectivity index (χ0n) is 15.1. The Bertz CT molecular complexity index is 1010. The number of aromatic nitrogens is 3. The largest absolute Gasteiger partial charge is 0.391 e. The zero-order valence-corrected chi connectivity index (χ0v) is 15.1. The molecule has 0 unspecified atom stereocenters. The maximum Gasteiger partial charge on any atom is 0.274 e. The Balaban J connectivity index is 1.36. The summed E-state index contributed by atoms with van der Waals surface area (Å²) in [6, 6.07) is 10.1. The number of amides is 1. The van der Waals surface area contributed by atoms with Crippen molar-refractivity contribution < 1.29 is 9.90 Å². The summed E-state index contributed by atoms with van der Waals surface area (Å²) in [5, 5.41) is 19.0. The van der Waals surface area contributed by atoms with Crippen LogP contribution in [0.3, 0.4) is 0 Å². The maximum atomic E-state index is 12.9. The summed E-state index contributed by atoms with van der Waals surface area (Å²) >= 11 is 0. The van der Waals surface area contributed by atoms with Crippen LogP contribution >= 0.6 is 0 Å². The van der Waals surface area contributed by atoms with Crippen molar-refractivity contribution >= 4 is 16.8 Å². The molecule has 2 atom stereocenters. The Hall–Kier alpha value is -2.73. The molecule has 0 saturated carbocycles. The zero-order chi connectivity index (χ0) is 18.4. The minimum absolute atomic E-state index is 0.0201.